The molecule has 1 aliphatic heterocycles. The van der Waals surface area contributed by atoms with Gasteiger partial charge in [-0.1, -0.05) is 13.8 Å². The van der Waals surface area contributed by atoms with Crippen molar-refractivity contribution in [3.8, 4) is 0 Å². The first-order chi connectivity index (χ1) is 11.0. The average Bonchev–Trinajstić information content (AvgIpc) is 2.54. The summed E-state index contributed by atoms with van der Waals surface area (Å²) in [4.78, 5) is 24.2. The van der Waals surface area contributed by atoms with Crippen molar-refractivity contribution in [3.05, 3.63) is 12.4 Å². The van der Waals surface area contributed by atoms with Crippen molar-refractivity contribution < 1.29 is 9.53 Å². The second-order valence-electron chi connectivity index (χ2n) is 6.15. The molecular weight excluding hydrogens is 294 g/mol. The fourth-order valence-electron chi connectivity index (χ4n) is 2.39. The van der Waals surface area contributed by atoms with E-state index in [4.69, 9.17) is 4.74 Å². The molecule has 0 saturated carbocycles. The van der Waals surface area contributed by atoms with Gasteiger partial charge in [-0.05, 0) is 12.8 Å². The highest BCUT2D eigenvalue weighted by Gasteiger charge is 2.22. The molecule has 23 heavy (non-hydrogen) atoms. The van der Waals surface area contributed by atoms with Crippen molar-refractivity contribution in [1.29, 1.82) is 0 Å². The van der Waals surface area contributed by atoms with Gasteiger partial charge in [-0.3, -0.25) is 4.79 Å². The van der Waals surface area contributed by atoms with Crippen LogP contribution in [0.3, 0.4) is 0 Å². The maximum atomic E-state index is 11.9. The van der Waals surface area contributed by atoms with Gasteiger partial charge in [0, 0.05) is 32.8 Å². The minimum atomic E-state index is 0.112. The van der Waals surface area contributed by atoms with Crippen molar-refractivity contribution in [2.45, 2.75) is 26.8 Å². The van der Waals surface area contributed by atoms with Crippen molar-refractivity contribution in [2.24, 2.45) is 5.92 Å². The van der Waals surface area contributed by atoms with Crippen molar-refractivity contribution in [2.75, 3.05) is 50.1 Å². The highest BCUT2D eigenvalue weighted by Crippen LogP contribution is 2.18. The molecule has 0 radical (unpaired) electrons. The van der Waals surface area contributed by atoms with Gasteiger partial charge in [0.25, 0.3) is 0 Å². The van der Waals surface area contributed by atoms with Crippen LogP contribution in [0, 0.1) is 5.92 Å². The molecule has 1 N–H and O–H groups in total. The van der Waals surface area contributed by atoms with Crippen LogP contribution >= 0.6 is 0 Å². The molecule has 2 heterocycles. The van der Waals surface area contributed by atoms with Crippen LogP contribution in [0.4, 0.5) is 11.6 Å². The van der Waals surface area contributed by atoms with E-state index in [1.807, 2.05) is 24.9 Å². The lowest BCUT2D eigenvalue weighted by atomic mass is 10.1. The highest BCUT2D eigenvalue weighted by molar-refractivity contribution is 5.82. The number of rotatable bonds is 7. The molecule has 2 rings (SSSR count). The van der Waals surface area contributed by atoms with Gasteiger partial charge >= 0.3 is 0 Å². The fraction of sp³-hybridized carbons (Fsp3) is 0.688. The fourth-order valence-corrected chi connectivity index (χ4v) is 2.39. The summed E-state index contributed by atoms with van der Waals surface area (Å²) in [6, 6.07) is 2.09. The molecule has 1 fully saturated rings. The minimum Gasteiger partial charge on any atom is -0.380 e. The number of aromatic nitrogens is 2. The van der Waals surface area contributed by atoms with E-state index in [-0.39, 0.29) is 11.9 Å². The van der Waals surface area contributed by atoms with Crippen LogP contribution in [0.5, 0.6) is 0 Å². The summed E-state index contributed by atoms with van der Waals surface area (Å²) < 4.78 is 5.54. The van der Waals surface area contributed by atoms with E-state index in [2.05, 4.69) is 29.1 Å². The molecule has 1 amide bonds. The second-order valence-corrected chi connectivity index (χ2v) is 6.15. The third kappa shape index (κ3) is 4.79. The van der Waals surface area contributed by atoms with Gasteiger partial charge in [0.1, 0.15) is 18.0 Å². The van der Waals surface area contributed by atoms with Crippen molar-refractivity contribution in [3.63, 3.8) is 0 Å². The zero-order valence-electron chi connectivity index (χ0n) is 14.5. The predicted molar refractivity (Wildman–Crippen MR) is 90.6 cm³/mol. The molecule has 0 aromatic carbocycles. The number of anilines is 2. The Kier molecular flexibility index (Phi) is 6.15. The Morgan fingerprint density at radius 2 is 2.13 bits per heavy atom. The zero-order valence-corrected chi connectivity index (χ0v) is 14.5. The molecule has 1 aromatic rings. The normalized spacial score (nSPS) is 16.8. The Hall–Kier alpha value is -1.89. The topological polar surface area (TPSA) is 70.6 Å². The number of likely N-dealkylation sites (N-methyl/N-ethyl adjacent to an activating group) is 1. The molecule has 0 aliphatic carbocycles. The number of amides is 1. The number of carbonyl (C=O) groups is 1. The van der Waals surface area contributed by atoms with E-state index in [1.54, 1.807) is 11.2 Å². The number of hydrogen-bond acceptors (Lipinski definition) is 6. The van der Waals surface area contributed by atoms with Crippen molar-refractivity contribution >= 4 is 17.5 Å². The Labute approximate surface area is 138 Å². The Bertz CT molecular complexity index is 523. The molecule has 1 unspecified atom stereocenters. The van der Waals surface area contributed by atoms with Gasteiger partial charge in [0.2, 0.25) is 5.91 Å². The Morgan fingerprint density at radius 3 is 2.78 bits per heavy atom. The van der Waals surface area contributed by atoms with Gasteiger partial charge in [-0.2, -0.15) is 0 Å². The van der Waals surface area contributed by atoms with Crippen LogP contribution in [0.15, 0.2) is 12.4 Å². The Morgan fingerprint density at radius 1 is 1.35 bits per heavy atom. The molecule has 128 valence electrons. The number of ether oxygens (including phenoxy) is 1. The monoisotopic (exact) mass is 321 g/mol. The summed E-state index contributed by atoms with van der Waals surface area (Å²) in [5.41, 5.74) is 0. The van der Waals surface area contributed by atoms with E-state index in [0.717, 1.165) is 18.2 Å². The Balaban J connectivity index is 2.05. The van der Waals surface area contributed by atoms with Crippen LogP contribution in [-0.2, 0) is 9.53 Å². The quantitative estimate of drug-likeness (QED) is 0.814. The molecular formula is C16H27N5O2. The lowest BCUT2D eigenvalue weighted by molar-refractivity contribution is -0.129. The average molecular weight is 321 g/mol. The first-order valence-corrected chi connectivity index (χ1v) is 8.16. The number of nitrogens with one attached hydrogen (secondary N) is 1. The highest BCUT2D eigenvalue weighted by atomic mass is 16.5. The molecule has 0 bridgehead atoms. The lowest BCUT2D eigenvalue weighted by Gasteiger charge is -2.32. The van der Waals surface area contributed by atoms with E-state index >= 15 is 0 Å². The number of nitrogens with zero attached hydrogens (tertiary/aromatic N) is 4. The van der Waals surface area contributed by atoms with Gasteiger partial charge in [0.15, 0.2) is 0 Å². The summed E-state index contributed by atoms with van der Waals surface area (Å²) in [6.45, 7) is 9.49. The van der Waals surface area contributed by atoms with Crippen LogP contribution < -0.4 is 10.2 Å². The smallest absolute Gasteiger partial charge is 0.241 e. The summed E-state index contributed by atoms with van der Waals surface area (Å²) in [6.07, 6.45) is 1.54. The van der Waals surface area contributed by atoms with Gasteiger partial charge < -0.3 is 19.9 Å². The molecule has 1 aliphatic rings. The van der Waals surface area contributed by atoms with Gasteiger partial charge in [-0.25, -0.2) is 9.97 Å². The third-order valence-electron chi connectivity index (χ3n) is 4.07. The molecule has 7 heteroatoms. The first-order valence-electron chi connectivity index (χ1n) is 8.16. The van der Waals surface area contributed by atoms with E-state index in [1.165, 1.54) is 0 Å². The maximum absolute atomic E-state index is 11.9. The maximum Gasteiger partial charge on any atom is 0.241 e. The van der Waals surface area contributed by atoms with Crippen LogP contribution in [0.25, 0.3) is 0 Å². The number of carbonyl (C=O) groups excluding carboxylic acids is 1. The number of piperazine rings is 1. The lowest BCUT2D eigenvalue weighted by Crippen LogP contribution is -2.48. The molecule has 0 spiro atoms. The van der Waals surface area contributed by atoms with E-state index in [0.29, 0.717) is 32.2 Å². The predicted octanol–water partition coefficient (Wildman–Crippen LogP) is 1.23. The minimum absolute atomic E-state index is 0.112. The van der Waals surface area contributed by atoms with Gasteiger partial charge in [-0.15, -0.1) is 0 Å². The van der Waals surface area contributed by atoms with Crippen LogP contribution in [0.2, 0.25) is 0 Å². The first kappa shape index (κ1) is 17.5. The standard InChI is InChI=1S/C16H27N5O2/c1-5-23-10-13(12(2)3)19-14-8-15(18-11-17-14)21-7-6-20(4)16(22)9-21/h8,11-13H,5-7,9-10H2,1-4H3,(H,17,18,19). The molecule has 7 nitrogen and oxygen atoms in total. The van der Waals surface area contributed by atoms with Crippen molar-refractivity contribution in [1.82, 2.24) is 14.9 Å². The second kappa shape index (κ2) is 8.10. The molecule has 1 atom stereocenters. The molecule has 1 aromatic heterocycles. The third-order valence-corrected chi connectivity index (χ3v) is 4.07. The summed E-state index contributed by atoms with van der Waals surface area (Å²) in [5.74, 6) is 2.08. The van der Waals surface area contributed by atoms with Crippen LogP contribution in [0.1, 0.15) is 20.8 Å². The van der Waals surface area contributed by atoms with E-state index in [9.17, 15) is 4.79 Å². The summed E-state index contributed by atoms with van der Waals surface area (Å²) in [5, 5.41) is 3.41. The largest absolute Gasteiger partial charge is 0.380 e. The SMILES string of the molecule is CCOCC(Nc1cc(N2CCN(C)C(=O)C2)ncn1)C(C)C. The number of hydrogen-bond donors (Lipinski definition) is 1. The van der Waals surface area contributed by atoms with Crippen LogP contribution in [-0.4, -0.2) is 66.7 Å². The summed E-state index contributed by atoms with van der Waals surface area (Å²) in [7, 11) is 1.83. The summed E-state index contributed by atoms with van der Waals surface area (Å²) >= 11 is 0. The zero-order chi connectivity index (χ0) is 16.8. The van der Waals surface area contributed by atoms with Gasteiger partial charge in [0.05, 0.1) is 19.2 Å². The van der Waals surface area contributed by atoms with E-state index < -0.39 is 0 Å². The molecule has 1 saturated heterocycles.